The molecule has 0 amide bonds. The molecule has 0 aliphatic rings. The van der Waals surface area contributed by atoms with E-state index in [0.29, 0.717) is 19.0 Å². The third kappa shape index (κ3) is 7.78. The molecule has 1 atom stereocenters. The van der Waals surface area contributed by atoms with Gasteiger partial charge in [0.2, 0.25) is 0 Å². The highest BCUT2D eigenvalue weighted by Gasteiger charge is 2.08. The molecule has 0 aliphatic carbocycles. The minimum Gasteiger partial charge on any atom is -0.497 e. The van der Waals surface area contributed by atoms with Crippen molar-refractivity contribution in [3.8, 4) is 11.5 Å². The highest BCUT2D eigenvalue weighted by atomic mass is 127. The summed E-state index contributed by atoms with van der Waals surface area (Å²) in [5.74, 6) is 3.19. The number of hydrogen-bond acceptors (Lipinski definition) is 4. The predicted molar refractivity (Wildman–Crippen MR) is 134 cm³/mol. The number of halogens is 1. The molecule has 7 nitrogen and oxygen atoms in total. The van der Waals surface area contributed by atoms with Crippen LogP contribution >= 0.6 is 24.0 Å². The van der Waals surface area contributed by atoms with Crippen LogP contribution in [-0.2, 0) is 13.1 Å². The van der Waals surface area contributed by atoms with Crippen molar-refractivity contribution in [1.82, 2.24) is 20.2 Å². The van der Waals surface area contributed by atoms with Gasteiger partial charge in [-0.15, -0.1) is 24.0 Å². The fourth-order valence-corrected chi connectivity index (χ4v) is 3.00. The van der Waals surface area contributed by atoms with E-state index in [1.54, 1.807) is 14.2 Å². The van der Waals surface area contributed by atoms with Gasteiger partial charge in [-0.05, 0) is 24.6 Å². The smallest absolute Gasteiger partial charge is 0.191 e. The number of guanidine groups is 1. The molecular formula is C23H30IN5O2. The van der Waals surface area contributed by atoms with Gasteiger partial charge in [0.15, 0.2) is 5.96 Å². The molecule has 3 aromatic rings. The van der Waals surface area contributed by atoms with Gasteiger partial charge in [-0.2, -0.15) is 0 Å². The predicted octanol–water partition coefficient (Wildman–Crippen LogP) is 3.69. The Balaban J connectivity index is 0.00000341. The van der Waals surface area contributed by atoms with Gasteiger partial charge in [0.1, 0.15) is 23.4 Å². The van der Waals surface area contributed by atoms with E-state index in [0.717, 1.165) is 23.9 Å². The van der Waals surface area contributed by atoms with Crippen LogP contribution < -0.4 is 20.1 Å². The van der Waals surface area contributed by atoms with Crippen molar-refractivity contribution in [2.45, 2.75) is 26.1 Å². The van der Waals surface area contributed by atoms with Crippen LogP contribution in [0.5, 0.6) is 11.5 Å². The van der Waals surface area contributed by atoms with E-state index in [9.17, 15) is 0 Å². The minimum absolute atomic E-state index is 0. The molecule has 0 radical (unpaired) electrons. The maximum atomic E-state index is 5.95. The van der Waals surface area contributed by atoms with Crippen molar-refractivity contribution in [3.05, 3.63) is 78.4 Å². The molecule has 1 aromatic heterocycles. The van der Waals surface area contributed by atoms with Gasteiger partial charge in [-0.25, -0.2) is 4.98 Å². The summed E-state index contributed by atoms with van der Waals surface area (Å²) < 4.78 is 13.3. The highest BCUT2D eigenvalue weighted by molar-refractivity contribution is 14.0. The molecular weight excluding hydrogens is 505 g/mol. The number of ether oxygens (including phenoxy) is 2. The number of aromatic nitrogens is 2. The monoisotopic (exact) mass is 535 g/mol. The second kappa shape index (κ2) is 12.8. The van der Waals surface area contributed by atoms with Crippen LogP contribution in [0, 0.1) is 0 Å². The summed E-state index contributed by atoms with van der Waals surface area (Å²) in [7, 11) is 3.39. The number of aliphatic imine (C=N–C) groups is 1. The lowest BCUT2D eigenvalue weighted by Crippen LogP contribution is -2.41. The zero-order valence-corrected chi connectivity index (χ0v) is 20.4. The normalized spacial score (nSPS) is 11.9. The molecule has 0 aliphatic heterocycles. The molecule has 0 bridgehead atoms. The minimum atomic E-state index is -0.0456. The molecule has 1 heterocycles. The first kappa shape index (κ1) is 24.5. The first-order valence-corrected chi connectivity index (χ1v) is 9.97. The van der Waals surface area contributed by atoms with Crippen molar-refractivity contribution < 1.29 is 9.47 Å². The van der Waals surface area contributed by atoms with E-state index in [-0.39, 0.29) is 30.1 Å². The largest absolute Gasteiger partial charge is 0.497 e. The molecule has 166 valence electrons. The van der Waals surface area contributed by atoms with Crippen LogP contribution in [-0.4, -0.2) is 42.3 Å². The fourth-order valence-electron chi connectivity index (χ4n) is 3.00. The molecule has 2 N–H and O–H groups in total. The lowest BCUT2D eigenvalue weighted by molar-refractivity contribution is 0.223. The number of methoxy groups -OCH3 is 1. The summed E-state index contributed by atoms with van der Waals surface area (Å²) in [6.45, 7) is 3.97. The Morgan fingerprint density at radius 1 is 1.10 bits per heavy atom. The zero-order valence-electron chi connectivity index (χ0n) is 18.1. The third-order valence-electron chi connectivity index (χ3n) is 4.57. The average Bonchev–Trinajstić information content (AvgIpc) is 3.21. The summed E-state index contributed by atoms with van der Waals surface area (Å²) in [5.41, 5.74) is 1.24. The van der Waals surface area contributed by atoms with Gasteiger partial charge < -0.3 is 24.7 Å². The van der Waals surface area contributed by atoms with E-state index >= 15 is 0 Å². The van der Waals surface area contributed by atoms with E-state index < -0.39 is 0 Å². The molecule has 0 saturated carbocycles. The number of benzene rings is 2. The summed E-state index contributed by atoms with van der Waals surface area (Å²) >= 11 is 0. The Kier molecular flexibility index (Phi) is 10.2. The Morgan fingerprint density at radius 2 is 1.87 bits per heavy atom. The number of hydrogen-bond donors (Lipinski definition) is 2. The highest BCUT2D eigenvalue weighted by Crippen LogP contribution is 2.19. The van der Waals surface area contributed by atoms with Crippen LogP contribution in [0.25, 0.3) is 0 Å². The van der Waals surface area contributed by atoms with Gasteiger partial charge in [-0.3, -0.25) is 4.99 Å². The maximum absolute atomic E-state index is 5.95. The van der Waals surface area contributed by atoms with Crippen molar-refractivity contribution in [1.29, 1.82) is 0 Å². The second-order valence-corrected chi connectivity index (χ2v) is 6.87. The lowest BCUT2D eigenvalue weighted by Gasteiger charge is -2.18. The van der Waals surface area contributed by atoms with Crippen molar-refractivity contribution in [3.63, 3.8) is 0 Å². The summed E-state index contributed by atoms with van der Waals surface area (Å²) in [5, 5.41) is 6.61. The number of nitrogens with one attached hydrogen (secondary N) is 2. The van der Waals surface area contributed by atoms with Crippen molar-refractivity contribution in [2.24, 2.45) is 4.99 Å². The topological polar surface area (TPSA) is 72.7 Å². The molecule has 0 spiro atoms. The molecule has 1 unspecified atom stereocenters. The van der Waals surface area contributed by atoms with Gasteiger partial charge >= 0.3 is 0 Å². The molecule has 31 heavy (non-hydrogen) atoms. The average molecular weight is 535 g/mol. The Bertz CT molecular complexity index is 946. The quantitative estimate of drug-likeness (QED) is 0.249. The summed E-state index contributed by atoms with van der Waals surface area (Å²) in [4.78, 5) is 8.76. The zero-order chi connectivity index (χ0) is 21.2. The Hall–Kier alpha value is -2.75. The summed E-state index contributed by atoms with van der Waals surface area (Å²) in [6, 6.07) is 17.9. The number of rotatable bonds is 9. The van der Waals surface area contributed by atoms with E-state index in [1.165, 1.54) is 5.56 Å². The van der Waals surface area contributed by atoms with E-state index in [1.807, 2.05) is 61.8 Å². The van der Waals surface area contributed by atoms with Gasteiger partial charge in [-0.1, -0.05) is 36.4 Å². The second-order valence-electron chi connectivity index (χ2n) is 6.87. The molecule has 0 fully saturated rings. The Labute approximate surface area is 200 Å². The SMILES string of the molecule is CN=C(NCc1nccn1Cc1ccccc1)NCC(C)Oc1cccc(OC)c1.I. The van der Waals surface area contributed by atoms with Gasteiger partial charge in [0.25, 0.3) is 0 Å². The molecule has 8 heteroatoms. The molecule has 2 aromatic carbocycles. The van der Waals surface area contributed by atoms with Crippen LogP contribution in [0.2, 0.25) is 0 Å². The molecule has 0 saturated heterocycles. The van der Waals surface area contributed by atoms with Gasteiger partial charge in [0.05, 0.1) is 20.2 Å². The maximum Gasteiger partial charge on any atom is 0.191 e. The number of imidazole rings is 1. The van der Waals surface area contributed by atoms with Crippen LogP contribution in [0.3, 0.4) is 0 Å². The fraction of sp³-hybridized carbons (Fsp3) is 0.304. The van der Waals surface area contributed by atoms with E-state index in [2.05, 4.69) is 37.3 Å². The van der Waals surface area contributed by atoms with Crippen LogP contribution in [0.15, 0.2) is 72.0 Å². The van der Waals surface area contributed by atoms with Crippen LogP contribution in [0.4, 0.5) is 0 Å². The summed E-state index contributed by atoms with van der Waals surface area (Å²) in [6.07, 6.45) is 3.76. The Morgan fingerprint density at radius 3 is 2.61 bits per heavy atom. The molecule has 3 rings (SSSR count). The first-order valence-electron chi connectivity index (χ1n) is 9.97. The standard InChI is InChI=1S/C23H29N5O2.HI/c1-18(30-21-11-7-10-20(14-21)29-3)15-26-23(24-2)27-16-22-25-12-13-28(22)17-19-8-5-4-6-9-19;/h4-14,18H,15-17H2,1-3H3,(H2,24,26,27);1H. The lowest BCUT2D eigenvalue weighted by atomic mass is 10.2. The van der Waals surface area contributed by atoms with Crippen molar-refractivity contribution >= 4 is 29.9 Å². The van der Waals surface area contributed by atoms with Crippen LogP contribution in [0.1, 0.15) is 18.3 Å². The first-order chi connectivity index (χ1) is 14.7. The number of nitrogens with zero attached hydrogens (tertiary/aromatic N) is 3. The van der Waals surface area contributed by atoms with Gasteiger partial charge in [0, 0.05) is 32.1 Å². The van der Waals surface area contributed by atoms with Crippen molar-refractivity contribution in [2.75, 3.05) is 20.7 Å². The van der Waals surface area contributed by atoms with E-state index in [4.69, 9.17) is 9.47 Å². The third-order valence-corrected chi connectivity index (χ3v) is 4.57.